The minimum atomic E-state index is -1.87. The van der Waals surface area contributed by atoms with Gasteiger partial charge in [0.05, 0.1) is 52.8 Å². The van der Waals surface area contributed by atoms with Gasteiger partial charge in [-0.25, -0.2) is 9.46 Å². The van der Waals surface area contributed by atoms with Crippen LogP contribution in [0.15, 0.2) is 94.6 Å². The van der Waals surface area contributed by atoms with Gasteiger partial charge in [0.1, 0.15) is 35.5 Å². The van der Waals surface area contributed by atoms with Gasteiger partial charge in [0.25, 0.3) is 5.56 Å². The predicted molar refractivity (Wildman–Crippen MR) is 223 cm³/mol. The number of nitrogens with zero attached hydrogens (tertiary/aromatic N) is 3. The number of rotatable bonds is 20. The number of ether oxygens (including phenoxy) is 5. The predicted octanol–water partition coefficient (Wildman–Crippen LogP) is 6.82. The molecule has 0 amide bonds. The SMILES string of the molecule is COc1ccc(C(OCc2ccccc2)(c2ccc(OC)cc2)[C@@H]2O[C@H](n3cc(C)c(=O)[nH]c3=O)C[C@@H]2OC(=O)CCC(=O)OP(OCCC#N)N(C(C)C)C(C)C)cc1. The fraction of sp³-hybridized carbons (Fsp3) is 0.432. The van der Waals surface area contributed by atoms with Gasteiger partial charge in [0.15, 0.2) is 0 Å². The lowest BCUT2D eigenvalue weighted by Crippen LogP contribution is -2.49. The third-order valence-corrected chi connectivity index (χ3v) is 12.0. The van der Waals surface area contributed by atoms with E-state index >= 15 is 0 Å². The quantitative estimate of drug-likeness (QED) is 0.0557. The van der Waals surface area contributed by atoms with E-state index < -0.39 is 55.8 Å². The number of methoxy groups -OCH3 is 2. The van der Waals surface area contributed by atoms with Gasteiger partial charge in [-0.15, -0.1) is 0 Å². The van der Waals surface area contributed by atoms with Gasteiger partial charge in [-0.1, -0.05) is 54.6 Å². The Balaban J connectivity index is 1.55. The molecule has 0 bridgehead atoms. The summed E-state index contributed by atoms with van der Waals surface area (Å²) in [6, 6.07) is 26.0. The molecule has 1 unspecified atom stereocenters. The minimum absolute atomic E-state index is 0.0230. The van der Waals surface area contributed by atoms with Crippen LogP contribution < -0.4 is 20.7 Å². The Kier molecular flexibility index (Phi) is 16.2. The third kappa shape index (κ3) is 11.1. The summed E-state index contributed by atoms with van der Waals surface area (Å²) in [5.74, 6) is -0.225. The second-order valence-electron chi connectivity index (χ2n) is 14.7. The van der Waals surface area contributed by atoms with Crippen molar-refractivity contribution in [2.45, 2.75) is 103 Å². The zero-order valence-electron chi connectivity index (χ0n) is 35.0. The minimum Gasteiger partial charge on any atom is -0.497 e. The topological polar surface area (TPSA) is 181 Å². The molecule has 1 saturated heterocycles. The molecular weight excluding hydrogens is 791 g/mol. The van der Waals surface area contributed by atoms with E-state index in [1.54, 1.807) is 45.4 Å². The molecule has 5 rings (SSSR count). The second kappa shape index (κ2) is 21.2. The van der Waals surface area contributed by atoms with E-state index in [4.69, 9.17) is 38.0 Å². The fourth-order valence-electron chi connectivity index (χ4n) is 7.12. The first-order valence-corrected chi connectivity index (χ1v) is 20.9. The summed E-state index contributed by atoms with van der Waals surface area (Å²) in [4.78, 5) is 55.3. The second-order valence-corrected chi connectivity index (χ2v) is 16.1. The number of nitriles is 1. The van der Waals surface area contributed by atoms with Gasteiger partial charge in [0.2, 0.25) is 0 Å². The number of benzene rings is 3. The Morgan fingerprint density at radius 1 is 0.917 bits per heavy atom. The van der Waals surface area contributed by atoms with Gasteiger partial charge >= 0.3 is 26.2 Å². The van der Waals surface area contributed by atoms with Crippen LogP contribution in [0.1, 0.15) is 81.9 Å². The van der Waals surface area contributed by atoms with E-state index in [1.165, 1.54) is 10.8 Å². The molecule has 320 valence electrons. The largest absolute Gasteiger partial charge is 0.497 e. The summed E-state index contributed by atoms with van der Waals surface area (Å²) in [5, 5.41) is 9.07. The molecule has 1 aromatic heterocycles. The van der Waals surface area contributed by atoms with Crippen LogP contribution in [0.3, 0.4) is 0 Å². The van der Waals surface area contributed by atoms with Crippen molar-refractivity contribution in [1.29, 1.82) is 5.26 Å². The normalized spacial score (nSPS) is 17.1. The van der Waals surface area contributed by atoms with E-state index in [9.17, 15) is 19.2 Å². The summed E-state index contributed by atoms with van der Waals surface area (Å²) < 4.78 is 46.0. The van der Waals surface area contributed by atoms with Crippen LogP contribution in [-0.4, -0.2) is 71.3 Å². The molecule has 1 fully saturated rings. The number of hydrogen-bond acceptors (Lipinski definition) is 13. The first kappa shape index (κ1) is 45.7. The molecule has 3 aromatic carbocycles. The number of carbonyl (C=O) groups excluding carboxylic acids is 2. The number of H-pyrrole nitrogens is 1. The van der Waals surface area contributed by atoms with Crippen molar-refractivity contribution >= 4 is 20.5 Å². The summed E-state index contributed by atoms with van der Waals surface area (Å²) in [5.41, 5.74) is -0.398. The van der Waals surface area contributed by atoms with Gasteiger partial charge in [-0.3, -0.25) is 23.9 Å². The summed E-state index contributed by atoms with van der Waals surface area (Å²) in [6.45, 7) is 9.54. The monoisotopic (exact) mass is 844 g/mol. The average Bonchev–Trinajstić information content (AvgIpc) is 3.65. The highest BCUT2D eigenvalue weighted by molar-refractivity contribution is 7.45. The Labute approximate surface area is 351 Å². The van der Waals surface area contributed by atoms with Gasteiger partial charge in [-0.2, -0.15) is 5.26 Å². The number of nitrogens with one attached hydrogen (secondary N) is 1. The van der Waals surface area contributed by atoms with E-state index in [-0.39, 0.29) is 56.5 Å². The maximum Gasteiger partial charge on any atom is 0.330 e. The molecule has 4 atom stereocenters. The van der Waals surface area contributed by atoms with Crippen molar-refractivity contribution in [2.75, 3.05) is 20.8 Å². The van der Waals surface area contributed by atoms with E-state index in [2.05, 4.69) is 4.98 Å². The Morgan fingerprint density at radius 3 is 2.05 bits per heavy atom. The highest BCUT2D eigenvalue weighted by Gasteiger charge is 2.55. The highest BCUT2D eigenvalue weighted by Crippen LogP contribution is 2.49. The van der Waals surface area contributed by atoms with Crippen LogP contribution in [0, 0.1) is 18.3 Å². The lowest BCUT2D eigenvalue weighted by atomic mass is 9.79. The average molecular weight is 845 g/mol. The standard InChI is InChI=1S/C44H53N4O11P/c1-29(2)48(30(3)4)60(56-25-11-24-45)59-40(50)23-22-39(49)57-37-26-38(47-27-31(5)42(51)46-43(47)52)58-41(37)44(33-14-18-35(53-6)19-15-33,34-16-20-36(54-7)21-17-34)55-28-32-12-9-8-10-13-32/h8-10,12-21,27,29-30,37-38,41H,11,22-23,25-26,28H2,1-7H3,(H,46,51,52)/t37-,38-,41+,60?/m0/s1. The molecule has 1 aliphatic heterocycles. The van der Waals surface area contributed by atoms with Crippen LogP contribution in [0.5, 0.6) is 11.5 Å². The third-order valence-electron chi connectivity index (χ3n) is 9.94. The molecule has 1 aliphatic rings. The van der Waals surface area contributed by atoms with E-state index in [0.29, 0.717) is 22.6 Å². The summed E-state index contributed by atoms with van der Waals surface area (Å²) in [7, 11) is 1.25. The van der Waals surface area contributed by atoms with Crippen LogP contribution >= 0.6 is 8.53 Å². The van der Waals surface area contributed by atoms with Gasteiger partial charge in [0, 0.05) is 30.3 Å². The number of carbonyl (C=O) groups is 2. The van der Waals surface area contributed by atoms with E-state index in [0.717, 1.165) is 5.56 Å². The zero-order valence-corrected chi connectivity index (χ0v) is 35.9. The lowest BCUT2D eigenvalue weighted by molar-refractivity contribution is -0.178. The first-order valence-electron chi connectivity index (χ1n) is 19.7. The molecule has 0 radical (unpaired) electrons. The summed E-state index contributed by atoms with van der Waals surface area (Å²) in [6.07, 6.45) is -2.38. The number of esters is 1. The lowest BCUT2D eigenvalue weighted by Gasteiger charge is -2.41. The molecule has 1 N–H and O–H groups in total. The van der Waals surface area contributed by atoms with Crippen LogP contribution in [-0.2, 0) is 45.1 Å². The zero-order chi connectivity index (χ0) is 43.4. The Morgan fingerprint density at radius 2 is 1.50 bits per heavy atom. The number of aromatic amines is 1. The number of aromatic nitrogens is 2. The molecule has 60 heavy (non-hydrogen) atoms. The fourth-order valence-corrected chi connectivity index (χ4v) is 8.67. The molecule has 0 aliphatic carbocycles. The van der Waals surface area contributed by atoms with Crippen molar-refractivity contribution in [3.63, 3.8) is 0 Å². The molecular formula is C44H53N4O11P. The smallest absolute Gasteiger partial charge is 0.330 e. The van der Waals surface area contributed by atoms with Crippen LogP contribution in [0.25, 0.3) is 0 Å². The Bertz CT molecular complexity index is 2130. The number of aryl methyl sites for hydroxylation is 1. The summed E-state index contributed by atoms with van der Waals surface area (Å²) >= 11 is 0. The maximum atomic E-state index is 13.9. The van der Waals surface area contributed by atoms with Crippen LogP contribution in [0.2, 0.25) is 0 Å². The molecule has 2 heterocycles. The maximum absolute atomic E-state index is 13.9. The van der Waals surface area contributed by atoms with Crippen LogP contribution in [0.4, 0.5) is 0 Å². The first-order chi connectivity index (χ1) is 28.8. The van der Waals surface area contributed by atoms with Gasteiger partial charge in [-0.05, 0) is 75.6 Å². The molecule has 4 aromatic rings. The van der Waals surface area contributed by atoms with Crippen molar-refractivity contribution in [3.8, 4) is 17.6 Å². The van der Waals surface area contributed by atoms with E-state index in [1.807, 2.05) is 93.0 Å². The molecule has 16 heteroatoms. The Hall–Kier alpha value is -5.36. The van der Waals surface area contributed by atoms with Gasteiger partial charge < -0.3 is 32.7 Å². The van der Waals surface area contributed by atoms with Crippen molar-refractivity contribution < 1.29 is 42.3 Å². The molecule has 0 saturated carbocycles. The molecule has 0 spiro atoms. The van der Waals surface area contributed by atoms with Crippen molar-refractivity contribution in [3.05, 3.63) is 128 Å². The van der Waals surface area contributed by atoms with Crippen molar-refractivity contribution in [1.82, 2.24) is 14.2 Å². The highest BCUT2D eigenvalue weighted by atomic mass is 31.2. The molecule has 15 nitrogen and oxygen atoms in total. The number of hydrogen-bond donors (Lipinski definition) is 1. The van der Waals surface area contributed by atoms with Crippen molar-refractivity contribution in [2.24, 2.45) is 0 Å².